The Balaban J connectivity index is 1.31. The number of nitrogens with one attached hydrogen (secondary N) is 3. The standard InChI is InChI=1S/C43H33N5/c1-3-13-28(14-4-1)41-34-19-7-10-20-36(34)45-43(46-41)48-38-22-12-9-18-32(38)33-23-24-39-40(42(33)48)35-27-44-26-25-30(35)31-17-8-11-21-37(31)47(39)29-15-5-2-6-16-29/h1-26,41,43-46H,27H2. The zero-order valence-electron chi connectivity index (χ0n) is 26.3. The van der Waals surface area contributed by atoms with Gasteiger partial charge in [-0.25, -0.2) is 0 Å². The van der Waals surface area contributed by atoms with Crippen molar-refractivity contribution in [2.24, 2.45) is 0 Å². The zero-order valence-corrected chi connectivity index (χ0v) is 26.3. The molecule has 0 fully saturated rings. The summed E-state index contributed by atoms with van der Waals surface area (Å²) >= 11 is 0. The third-order valence-electron chi connectivity index (χ3n) is 10.1. The first-order valence-corrected chi connectivity index (χ1v) is 16.7. The third kappa shape index (κ3) is 4.01. The number of para-hydroxylation sites is 4. The molecule has 2 atom stereocenters. The highest BCUT2D eigenvalue weighted by atomic mass is 15.3. The van der Waals surface area contributed by atoms with Crippen LogP contribution in [0.1, 0.15) is 34.6 Å². The predicted octanol–water partition coefficient (Wildman–Crippen LogP) is 9.87. The fraction of sp³-hybridized carbons (Fsp3) is 0.0698. The van der Waals surface area contributed by atoms with Gasteiger partial charge in [-0.3, -0.25) is 5.32 Å². The lowest BCUT2D eigenvalue weighted by atomic mass is 9.91. The molecule has 3 N–H and O–H groups in total. The molecule has 7 aromatic rings. The number of benzene rings is 6. The summed E-state index contributed by atoms with van der Waals surface area (Å²) in [6.45, 7) is 0.734. The van der Waals surface area contributed by atoms with Crippen LogP contribution in [0.15, 0.2) is 158 Å². The smallest absolute Gasteiger partial charge is 0.160 e. The lowest BCUT2D eigenvalue weighted by Gasteiger charge is -2.37. The molecule has 2 unspecified atom stereocenters. The van der Waals surface area contributed by atoms with E-state index in [9.17, 15) is 0 Å². The van der Waals surface area contributed by atoms with E-state index in [-0.39, 0.29) is 12.3 Å². The van der Waals surface area contributed by atoms with Crippen LogP contribution in [0.5, 0.6) is 0 Å². The Bertz CT molecular complexity index is 2420. The lowest BCUT2D eigenvalue weighted by molar-refractivity contribution is 0.417. The highest BCUT2D eigenvalue weighted by Crippen LogP contribution is 2.52. The molecule has 0 saturated carbocycles. The minimum atomic E-state index is -0.217. The van der Waals surface area contributed by atoms with E-state index in [4.69, 9.17) is 0 Å². The Kier molecular flexibility index (Phi) is 6.08. The molecule has 1 aromatic heterocycles. The van der Waals surface area contributed by atoms with Gasteiger partial charge in [0.15, 0.2) is 6.29 Å². The average Bonchev–Trinajstić information content (AvgIpc) is 3.43. The first-order chi connectivity index (χ1) is 23.8. The maximum atomic E-state index is 4.06. The number of fused-ring (bicyclic) bond motifs is 9. The molecule has 4 heterocycles. The molecule has 3 aliphatic rings. The topological polar surface area (TPSA) is 44.3 Å². The summed E-state index contributed by atoms with van der Waals surface area (Å²) in [6.07, 6.45) is 4.13. The van der Waals surface area contributed by atoms with Crippen LogP contribution >= 0.6 is 0 Å². The quantitative estimate of drug-likeness (QED) is 0.184. The van der Waals surface area contributed by atoms with Gasteiger partial charge in [-0.05, 0) is 70.9 Å². The van der Waals surface area contributed by atoms with Crippen LogP contribution in [0.3, 0.4) is 0 Å². The van der Waals surface area contributed by atoms with Crippen molar-refractivity contribution in [3.8, 4) is 0 Å². The molecule has 5 heteroatoms. The largest absolute Gasteiger partial charge is 0.387 e. The Labute approximate surface area is 279 Å². The normalized spacial score (nSPS) is 18.0. The number of aromatic nitrogens is 1. The fourth-order valence-electron chi connectivity index (χ4n) is 8.07. The van der Waals surface area contributed by atoms with Crippen LogP contribution in [0.2, 0.25) is 0 Å². The monoisotopic (exact) mass is 619 g/mol. The van der Waals surface area contributed by atoms with Crippen molar-refractivity contribution >= 4 is 55.7 Å². The van der Waals surface area contributed by atoms with Crippen LogP contribution < -0.4 is 20.9 Å². The molecular weight excluding hydrogens is 587 g/mol. The molecule has 0 bridgehead atoms. The Morgan fingerprint density at radius 2 is 1.38 bits per heavy atom. The minimum Gasteiger partial charge on any atom is -0.387 e. The maximum absolute atomic E-state index is 4.06. The number of dihydropyridines is 1. The Morgan fingerprint density at radius 1 is 0.625 bits per heavy atom. The van der Waals surface area contributed by atoms with Crippen molar-refractivity contribution in [3.05, 3.63) is 180 Å². The van der Waals surface area contributed by atoms with E-state index < -0.39 is 0 Å². The third-order valence-corrected chi connectivity index (χ3v) is 10.1. The molecule has 0 radical (unpaired) electrons. The molecule has 0 saturated heterocycles. The SMILES string of the molecule is C1=CC2=C(CN1)c1c(ccc3c4ccccc4n(C4Nc5ccccc5C(c5ccccc5)N4)c13)N(c1ccccc1)c1ccccc12. The average molecular weight is 620 g/mol. The summed E-state index contributed by atoms with van der Waals surface area (Å²) in [7, 11) is 0. The molecule has 0 aliphatic carbocycles. The fourth-order valence-corrected chi connectivity index (χ4v) is 8.07. The van der Waals surface area contributed by atoms with Crippen molar-refractivity contribution in [2.45, 2.75) is 12.3 Å². The van der Waals surface area contributed by atoms with E-state index in [1.54, 1.807) is 0 Å². The number of anilines is 4. The van der Waals surface area contributed by atoms with Gasteiger partial charge < -0.3 is 20.1 Å². The summed E-state index contributed by atoms with van der Waals surface area (Å²) in [5.41, 5.74) is 14.5. The summed E-state index contributed by atoms with van der Waals surface area (Å²) in [4.78, 5) is 2.45. The van der Waals surface area contributed by atoms with E-state index in [0.717, 1.165) is 17.9 Å². The van der Waals surface area contributed by atoms with Crippen LogP contribution in [0.4, 0.5) is 22.7 Å². The van der Waals surface area contributed by atoms with Crippen LogP contribution in [-0.2, 0) is 0 Å². The van der Waals surface area contributed by atoms with Gasteiger partial charge in [0.1, 0.15) is 0 Å². The van der Waals surface area contributed by atoms with Crippen molar-refractivity contribution in [1.29, 1.82) is 0 Å². The summed E-state index contributed by atoms with van der Waals surface area (Å²) in [5, 5.41) is 14.0. The molecule has 48 heavy (non-hydrogen) atoms. The van der Waals surface area contributed by atoms with Crippen LogP contribution in [-0.4, -0.2) is 11.1 Å². The van der Waals surface area contributed by atoms with Gasteiger partial charge in [0.05, 0.1) is 28.5 Å². The predicted molar refractivity (Wildman–Crippen MR) is 199 cm³/mol. The molecular formula is C43H33N5. The molecule has 0 amide bonds. The molecule has 230 valence electrons. The number of hydrogen-bond acceptors (Lipinski definition) is 4. The first-order valence-electron chi connectivity index (χ1n) is 16.7. The van der Waals surface area contributed by atoms with Gasteiger partial charge in [-0.1, -0.05) is 109 Å². The minimum absolute atomic E-state index is 0.0197. The second kappa shape index (κ2) is 10.8. The van der Waals surface area contributed by atoms with E-state index >= 15 is 0 Å². The maximum Gasteiger partial charge on any atom is 0.160 e. The van der Waals surface area contributed by atoms with Crippen molar-refractivity contribution < 1.29 is 0 Å². The summed E-state index contributed by atoms with van der Waals surface area (Å²) < 4.78 is 2.51. The Hall–Kier alpha value is -6.04. The number of rotatable bonds is 3. The van der Waals surface area contributed by atoms with Crippen molar-refractivity contribution in [2.75, 3.05) is 16.8 Å². The van der Waals surface area contributed by atoms with E-state index in [2.05, 4.69) is 183 Å². The van der Waals surface area contributed by atoms with Crippen molar-refractivity contribution in [3.63, 3.8) is 0 Å². The molecule has 5 nitrogen and oxygen atoms in total. The van der Waals surface area contributed by atoms with E-state index in [1.807, 2.05) is 0 Å². The molecule has 10 rings (SSSR count). The first kappa shape index (κ1) is 27.1. The number of hydrogen-bond donors (Lipinski definition) is 3. The van der Waals surface area contributed by atoms with Crippen molar-refractivity contribution in [1.82, 2.24) is 15.2 Å². The van der Waals surface area contributed by atoms with Crippen LogP contribution in [0.25, 0.3) is 33.0 Å². The van der Waals surface area contributed by atoms with E-state index in [1.165, 1.54) is 66.6 Å². The summed E-state index contributed by atoms with van der Waals surface area (Å²) in [5.74, 6) is 0. The van der Waals surface area contributed by atoms with Gasteiger partial charge >= 0.3 is 0 Å². The Morgan fingerprint density at radius 3 is 2.27 bits per heavy atom. The van der Waals surface area contributed by atoms with Gasteiger partial charge in [-0.15, -0.1) is 0 Å². The molecule has 3 aliphatic heterocycles. The van der Waals surface area contributed by atoms with Crippen LogP contribution in [0, 0.1) is 0 Å². The molecule has 6 aromatic carbocycles. The van der Waals surface area contributed by atoms with Gasteiger partial charge in [0.25, 0.3) is 0 Å². The highest BCUT2D eigenvalue weighted by Gasteiger charge is 2.34. The number of allylic oxidation sites excluding steroid dienone is 2. The highest BCUT2D eigenvalue weighted by molar-refractivity contribution is 6.18. The van der Waals surface area contributed by atoms with Gasteiger partial charge in [0, 0.05) is 39.8 Å². The second-order valence-corrected chi connectivity index (χ2v) is 12.7. The van der Waals surface area contributed by atoms with Gasteiger partial charge in [-0.2, -0.15) is 0 Å². The van der Waals surface area contributed by atoms with Gasteiger partial charge in [0.2, 0.25) is 0 Å². The molecule has 0 spiro atoms. The van der Waals surface area contributed by atoms with E-state index in [0.29, 0.717) is 0 Å². The second-order valence-electron chi connectivity index (χ2n) is 12.7. The zero-order chi connectivity index (χ0) is 31.6. The number of nitrogens with zero attached hydrogens (tertiary/aromatic N) is 2. The summed E-state index contributed by atoms with van der Waals surface area (Å²) in [6, 6.07) is 52.6. The lowest BCUT2D eigenvalue weighted by Crippen LogP contribution is -2.40.